The molecule has 33 heavy (non-hydrogen) atoms. The maximum atomic E-state index is 13.5. The Morgan fingerprint density at radius 2 is 1.79 bits per heavy atom. The molecule has 0 atom stereocenters. The van der Waals surface area contributed by atoms with Gasteiger partial charge in [-0.05, 0) is 64.9 Å². The SMILES string of the molecule is Cc1ccc(S(=O)(=O)n2ncc3c(-c4nnn[nH]4)cc(-c4cccc5[nH]ccc45)cc32)cc1. The minimum absolute atomic E-state index is 0.166. The maximum Gasteiger partial charge on any atom is 0.283 e. The van der Waals surface area contributed by atoms with E-state index >= 15 is 0 Å². The monoisotopic (exact) mass is 455 g/mol. The lowest BCUT2D eigenvalue weighted by molar-refractivity contribution is 0.582. The lowest BCUT2D eigenvalue weighted by atomic mass is 9.97. The standard InChI is InChI=1S/C23H17N7O2S/c1-14-5-7-16(8-6-14)33(31,32)30-22-12-15(17-3-2-4-21-18(17)9-10-24-21)11-19(20(22)13-25-30)23-26-28-29-27-23/h2-13,24H,1H3,(H,26,27,28,29). The van der Waals surface area contributed by atoms with Gasteiger partial charge in [0, 0.05) is 28.0 Å². The number of nitrogens with zero attached hydrogens (tertiary/aromatic N) is 5. The van der Waals surface area contributed by atoms with Crippen LogP contribution in [0.2, 0.25) is 0 Å². The summed E-state index contributed by atoms with van der Waals surface area (Å²) in [7, 11) is -3.92. The van der Waals surface area contributed by atoms with Crippen molar-refractivity contribution in [2.45, 2.75) is 11.8 Å². The van der Waals surface area contributed by atoms with Crippen molar-refractivity contribution in [2.24, 2.45) is 0 Å². The minimum Gasteiger partial charge on any atom is -0.361 e. The molecule has 0 aliphatic carbocycles. The second-order valence-electron chi connectivity index (χ2n) is 7.76. The molecule has 0 radical (unpaired) electrons. The average molecular weight is 456 g/mol. The fourth-order valence-corrected chi connectivity index (χ4v) is 5.33. The molecule has 162 valence electrons. The Kier molecular flexibility index (Phi) is 4.17. The second-order valence-corrected chi connectivity index (χ2v) is 9.52. The number of hydrogen-bond acceptors (Lipinski definition) is 6. The zero-order chi connectivity index (χ0) is 22.6. The molecule has 0 saturated carbocycles. The molecule has 3 heterocycles. The van der Waals surface area contributed by atoms with Crippen molar-refractivity contribution < 1.29 is 8.42 Å². The molecule has 6 rings (SSSR count). The minimum atomic E-state index is -3.92. The number of aryl methyl sites for hydroxylation is 1. The maximum absolute atomic E-state index is 13.5. The number of benzene rings is 3. The molecular formula is C23H17N7O2S. The van der Waals surface area contributed by atoms with E-state index in [1.54, 1.807) is 24.3 Å². The Bertz CT molecular complexity index is 1730. The summed E-state index contributed by atoms with van der Waals surface area (Å²) in [5.41, 5.74) is 4.82. The van der Waals surface area contributed by atoms with Gasteiger partial charge in [-0.15, -0.1) is 5.10 Å². The molecule has 0 aliphatic rings. The molecule has 3 aromatic heterocycles. The van der Waals surface area contributed by atoms with Crippen molar-refractivity contribution in [1.29, 1.82) is 0 Å². The van der Waals surface area contributed by atoms with Crippen LogP contribution in [-0.2, 0) is 10.0 Å². The van der Waals surface area contributed by atoms with Crippen LogP contribution >= 0.6 is 0 Å². The summed E-state index contributed by atoms with van der Waals surface area (Å²) < 4.78 is 28.0. The average Bonchev–Trinajstić information content (AvgIpc) is 3.59. The molecule has 0 bridgehead atoms. The molecule has 3 aromatic carbocycles. The van der Waals surface area contributed by atoms with Gasteiger partial charge >= 0.3 is 0 Å². The number of rotatable bonds is 4. The van der Waals surface area contributed by atoms with Crippen molar-refractivity contribution in [1.82, 2.24) is 34.8 Å². The van der Waals surface area contributed by atoms with E-state index in [0.717, 1.165) is 31.7 Å². The van der Waals surface area contributed by atoms with Crippen LogP contribution in [0, 0.1) is 6.92 Å². The van der Waals surface area contributed by atoms with Crippen LogP contribution in [0.15, 0.2) is 78.0 Å². The van der Waals surface area contributed by atoms with Crippen LogP contribution in [0.25, 0.3) is 44.3 Å². The fourth-order valence-electron chi connectivity index (χ4n) is 4.07. The molecule has 0 amide bonds. The first kappa shape index (κ1) is 19.4. The number of H-pyrrole nitrogens is 2. The number of nitrogens with one attached hydrogen (secondary N) is 2. The van der Waals surface area contributed by atoms with Crippen LogP contribution in [0.4, 0.5) is 0 Å². The van der Waals surface area contributed by atoms with Gasteiger partial charge in [0.1, 0.15) is 0 Å². The summed E-state index contributed by atoms with van der Waals surface area (Å²) in [5.74, 6) is 0.426. The number of aromatic amines is 2. The first-order chi connectivity index (χ1) is 16.0. The Morgan fingerprint density at radius 3 is 2.58 bits per heavy atom. The first-order valence-corrected chi connectivity index (χ1v) is 11.6. The van der Waals surface area contributed by atoms with Gasteiger partial charge in [0.05, 0.1) is 16.6 Å². The highest BCUT2D eigenvalue weighted by Crippen LogP contribution is 2.36. The lowest BCUT2D eigenvalue weighted by Gasteiger charge is -2.10. The van der Waals surface area contributed by atoms with Crippen LogP contribution in [0.5, 0.6) is 0 Å². The van der Waals surface area contributed by atoms with Gasteiger partial charge in [-0.2, -0.15) is 17.6 Å². The van der Waals surface area contributed by atoms with Gasteiger partial charge in [0.2, 0.25) is 0 Å². The molecule has 0 spiro atoms. The van der Waals surface area contributed by atoms with Crippen LogP contribution in [-0.4, -0.2) is 43.2 Å². The van der Waals surface area contributed by atoms with Gasteiger partial charge in [0.25, 0.3) is 10.0 Å². The predicted octanol–water partition coefficient (Wildman–Crippen LogP) is 3.91. The quantitative estimate of drug-likeness (QED) is 0.416. The highest BCUT2D eigenvalue weighted by molar-refractivity contribution is 7.90. The van der Waals surface area contributed by atoms with E-state index < -0.39 is 10.0 Å². The van der Waals surface area contributed by atoms with E-state index in [9.17, 15) is 8.42 Å². The number of tetrazole rings is 1. The normalized spacial score (nSPS) is 12.0. The van der Waals surface area contributed by atoms with E-state index in [-0.39, 0.29) is 4.90 Å². The molecule has 9 nitrogen and oxygen atoms in total. The molecule has 10 heteroatoms. The number of aromatic nitrogens is 7. The lowest BCUT2D eigenvalue weighted by Crippen LogP contribution is -2.14. The summed E-state index contributed by atoms with van der Waals surface area (Å²) in [6, 6.07) is 18.4. The molecule has 0 fully saturated rings. The van der Waals surface area contributed by atoms with Crippen molar-refractivity contribution in [2.75, 3.05) is 0 Å². The molecule has 0 saturated heterocycles. The van der Waals surface area contributed by atoms with E-state index in [2.05, 4.69) is 30.7 Å². The van der Waals surface area contributed by atoms with Crippen LogP contribution in [0.1, 0.15) is 5.56 Å². The summed E-state index contributed by atoms with van der Waals surface area (Å²) in [6.45, 7) is 1.91. The highest BCUT2D eigenvalue weighted by atomic mass is 32.2. The number of fused-ring (bicyclic) bond motifs is 2. The molecule has 6 aromatic rings. The summed E-state index contributed by atoms with van der Waals surface area (Å²) in [5, 5.41) is 20.1. The molecule has 2 N–H and O–H groups in total. The third-order valence-electron chi connectivity index (χ3n) is 5.71. The smallest absolute Gasteiger partial charge is 0.283 e. The predicted molar refractivity (Wildman–Crippen MR) is 124 cm³/mol. The third kappa shape index (κ3) is 3.03. The summed E-state index contributed by atoms with van der Waals surface area (Å²) in [6.07, 6.45) is 3.40. The Hall–Kier alpha value is -4.31. The third-order valence-corrected chi connectivity index (χ3v) is 7.32. The number of hydrogen-bond donors (Lipinski definition) is 2. The summed E-state index contributed by atoms with van der Waals surface area (Å²) in [4.78, 5) is 3.38. The van der Waals surface area contributed by atoms with E-state index in [4.69, 9.17) is 0 Å². The molecule has 0 unspecified atom stereocenters. The first-order valence-electron chi connectivity index (χ1n) is 10.2. The largest absolute Gasteiger partial charge is 0.361 e. The summed E-state index contributed by atoms with van der Waals surface area (Å²) >= 11 is 0. The van der Waals surface area contributed by atoms with Crippen molar-refractivity contribution in [3.8, 4) is 22.5 Å². The topological polar surface area (TPSA) is 122 Å². The van der Waals surface area contributed by atoms with Gasteiger partial charge in [-0.25, -0.2) is 5.10 Å². The van der Waals surface area contributed by atoms with Gasteiger partial charge in [-0.1, -0.05) is 29.8 Å². The van der Waals surface area contributed by atoms with E-state index in [1.165, 1.54) is 6.20 Å². The second kappa shape index (κ2) is 7.10. The fraction of sp³-hybridized carbons (Fsp3) is 0.0435. The van der Waals surface area contributed by atoms with Crippen molar-refractivity contribution >= 4 is 31.8 Å². The molecular weight excluding hydrogens is 438 g/mol. The van der Waals surface area contributed by atoms with Crippen LogP contribution in [0.3, 0.4) is 0 Å². The zero-order valence-corrected chi connectivity index (χ0v) is 18.2. The van der Waals surface area contributed by atoms with Crippen molar-refractivity contribution in [3.63, 3.8) is 0 Å². The van der Waals surface area contributed by atoms with Gasteiger partial charge in [-0.3, -0.25) is 0 Å². The zero-order valence-electron chi connectivity index (χ0n) is 17.4. The Balaban J connectivity index is 1.66. The highest BCUT2D eigenvalue weighted by Gasteiger charge is 2.23. The van der Waals surface area contributed by atoms with Crippen molar-refractivity contribution in [3.05, 3.63) is 78.6 Å². The van der Waals surface area contributed by atoms with Gasteiger partial charge in [0.15, 0.2) is 5.82 Å². The Morgan fingerprint density at radius 1 is 0.939 bits per heavy atom. The van der Waals surface area contributed by atoms with Gasteiger partial charge < -0.3 is 4.98 Å². The Labute approximate surface area is 188 Å². The van der Waals surface area contributed by atoms with E-state index in [0.29, 0.717) is 22.3 Å². The van der Waals surface area contributed by atoms with Crippen LogP contribution < -0.4 is 0 Å². The van der Waals surface area contributed by atoms with E-state index in [1.807, 2.05) is 49.5 Å². The molecule has 0 aliphatic heterocycles.